The van der Waals surface area contributed by atoms with Crippen molar-refractivity contribution in [3.8, 4) is 6.07 Å². The Balaban J connectivity index is 1.68. The Bertz CT molecular complexity index is 695. The average molecular weight is 292 g/mol. The van der Waals surface area contributed by atoms with Crippen LogP contribution in [0.5, 0.6) is 0 Å². The quantitative estimate of drug-likeness (QED) is 0.944. The first kappa shape index (κ1) is 14.1. The van der Waals surface area contributed by atoms with E-state index in [2.05, 4.69) is 16.4 Å². The van der Waals surface area contributed by atoms with E-state index >= 15 is 0 Å². The first-order valence-corrected chi connectivity index (χ1v) is 7.29. The van der Waals surface area contributed by atoms with Crippen LogP contribution in [0.4, 0.5) is 11.4 Å². The predicted octanol–water partition coefficient (Wildman–Crippen LogP) is 2.93. The highest BCUT2D eigenvalue weighted by molar-refractivity contribution is 5.92. The number of aromatic nitrogens is 1. The van der Waals surface area contributed by atoms with Crippen LogP contribution in [0.1, 0.15) is 28.9 Å². The Morgan fingerprint density at radius 2 is 1.77 bits per heavy atom. The van der Waals surface area contributed by atoms with Crippen LogP contribution < -0.4 is 5.32 Å². The lowest BCUT2D eigenvalue weighted by Crippen LogP contribution is -2.28. The van der Waals surface area contributed by atoms with Crippen LogP contribution in [0.3, 0.4) is 0 Å². The van der Waals surface area contributed by atoms with Gasteiger partial charge in [0.2, 0.25) is 0 Å². The number of nitriles is 1. The van der Waals surface area contributed by atoms with Gasteiger partial charge in [-0.2, -0.15) is 5.26 Å². The lowest BCUT2D eigenvalue weighted by Gasteiger charge is -2.14. The summed E-state index contributed by atoms with van der Waals surface area (Å²) in [5, 5.41) is 12.0. The number of amides is 1. The molecule has 1 amide bonds. The number of nitrogens with zero attached hydrogens (tertiary/aromatic N) is 3. The van der Waals surface area contributed by atoms with Gasteiger partial charge in [-0.05, 0) is 49.2 Å². The average Bonchev–Trinajstić information content (AvgIpc) is 3.10. The number of benzene rings is 1. The fourth-order valence-electron chi connectivity index (χ4n) is 2.47. The summed E-state index contributed by atoms with van der Waals surface area (Å²) < 4.78 is 0. The maximum atomic E-state index is 12.2. The Morgan fingerprint density at radius 3 is 2.36 bits per heavy atom. The molecule has 1 aliphatic rings. The third-order valence-corrected chi connectivity index (χ3v) is 3.68. The van der Waals surface area contributed by atoms with E-state index in [1.807, 2.05) is 23.1 Å². The second kappa shape index (κ2) is 6.27. The number of rotatable bonds is 3. The maximum absolute atomic E-state index is 12.2. The van der Waals surface area contributed by atoms with Gasteiger partial charge in [-0.3, -0.25) is 4.79 Å². The van der Waals surface area contributed by atoms with E-state index in [0.717, 1.165) is 37.3 Å². The van der Waals surface area contributed by atoms with Crippen LogP contribution in [0.15, 0.2) is 42.6 Å². The number of anilines is 2. The summed E-state index contributed by atoms with van der Waals surface area (Å²) in [6.07, 6.45) is 3.80. The molecule has 0 unspecified atom stereocenters. The molecular formula is C17H16N4O. The molecule has 3 rings (SSSR count). The first-order valence-electron chi connectivity index (χ1n) is 7.29. The molecule has 1 aromatic heterocycles. The molecule has 2 aromatic rings. The molecule has 1 aromatic carbocycles. The second-order valence-corrected chi connectivity index (χ2v) is 5.25. The van der Waals surface area contributed by atoms with E-state index in [1.54, 1.807) is 24.4 Å². The maximum Gasteiger partial charge on any atom is 0.272 e. The third kappa shape index (κ3) is 3.07. The fourth-order valence-corrected chi connectivity index (χ4v) is 2.47. The summed E-state index contributed by atoms with van der Waals surface area (Å²) in [4.78, 5) is 18.3. The van der Waals surface area contributed by atoms with Crippen LogP contribution in [-0.2, 0) is 0 Å². The molecule has 0 spiro atoms. The molecule has 0 atom stereocenters. The van der Waals surface area contributed by atoms with Gasteiger partial charge in [0.15, 0.2) is 0 Å². The van der Waals surface area contributed by atoms with Crippen molar-refractivity contribution in [1.29, 1.82) is 5.26 Å². The van der Waals surface area contributed by atoms with Crippen molar-refractivity contribution < 1.29 is 4.79 Å². The second-order valence-electron chi connectivity index (χ2n) is 5.25. The molecule has 0 aliphatic carbocycles. The van der Waals surface area contributed by atoms with Crippen LogP contribution >= 0.6 is 0 Å². The highest BCUT2D eigenvalue weighted by atomic mass is 16.2. The van der Waals surface area contributed by atoms with Crippen LogP contribution in [0.2, 0.25) is 0 Å². The Labute approximate surface area is 129 Å². The van der Waals surface area contributed by atoms with Crippen molar-refractivity contribution in [3.05, 3.63) is 53.9 Å². The topological polar surface area (TPSA) is 69.0 Å². The van der Waals surface area contributed by atoms with Gasteiger partial charge in [-0.15, -0.1) is 0 Å². The van der Waals surface area contributed by atoms with Gasteiger partial charge in [0.1, 0.15) is 5.69 Å². The fraction of sp³-hybridized carbons (Fsp3) is 0.235. The van der Waals surface area contributed by atoms with E-state index in [4.69, 9.17) is 5.26 Å². The predicted molar refractivity (Wildman–Crippen MR) is 83.8 cm³/mol. The molecule has 0 saturated carbocycles. The molecule has 0 bridgehead atoms. The standard InChI is InChI=1S/C17H16N4O/c18-11-13-3-5-14(6-4-13)20-15-7-8-16(19-12-15)17(22)21-9-1-2-10-21/h3-8,12,20H,1-2,9-10H2. The van der Waals surface area contributed by atoms with E-state index in [9.17, 15) is 4.79 Å². The highest BCUT2D eigenvalue weighted by Gasteiger charge is 2.20. The number of hydrogen-bond donors (Lipinski definition) is 1. The summed E-state index contributed by atoms with van der Waals surface area (Å²) in [6.45, 7) is 1.65. The number of carbonyl (C=O) groups is 1. The third-order valence-electron chi connectivity index (χ3n) is 3.68. The van der Waals surface area contributed by atoms with Gasteiger partial charge >= 0.3 is 0 Å². The van der Waals surface area contributed by atoms with Gasteiger partial charge in [-0.25, -0.2) is 4.98 Å². The lowest BCUT2D eigenvalue weighted by molar-refractivity contribution is 0.0787. The monoisotopic (exact) mass is 292 g/mol. The summed E-state index contributed by atoms with van der Waals surface area (Å²) in [5.74, 6) is 0.00224. The molecule has 1 saturated heterocycles. The zero-order valence-electron chi connectivity index (χ0n) is 12.1. The number of hydrogen-bond acceptors (Lipinski definition) is 4. The Kier molecular flexibility index (Phi) is 4.01. The van der Waals surface area contributed by atoms with E-state index in [0.29, 0.717) is 11.3 Å². The van der Waals surface area contributed by atoms with Crippen molar-refractivity contribution in [2.24, 2.45) is 0 Å². The van der Waals surface area contributed by atoms with Gasteiger partial charge in [0.05, 0.1) is 23.5 Å². The van der Waals surface area contributed by atoms with Crippen LogP contribution in [-0.4, -0.2) is 28.9 Å². The SMILES string of the molecule is N#Cc1ccc(Nc2ccc(C(=O)N3CCCC3)nc2)cc1. The van der Waals surface area contributed by atoms with Gasteiger partial charge in [0, 0.05) is 18.8 Å². The lowest BCUT2D eigenvalue weighted by atomic mass is 10.2. The van der Waals surface area contributed by atoms with Crippen molar-refractivity contribution >= 4 is 17.3 Å². The molecule has 1 fully saturated rings. The van der Waals surface area contributed by atoms with E-state index < -0.39 is 0 Å². The van der Waals surface area contributed by atoms with Crippen LogP contribution in [0.25, 0.3) is 0 Å². The van der Waals surface area contributed by atoms with E-state index in [-0.39, 0.29) is 5.91 Å². The van der Waals surface area contributed by atoms with Gasteiger partial charge < -0.3 is 10.2 Å². The normalized spacial score (nSPS) is 13.7. The summed E-state index contributed by atoms with van der Waals surface area (Å²) >= 11 is 0. The number of nitrogens with one attached hydrogen (secondary N) is 1. The Hall–Kier alpha value is -2.87. The minimum absolute atomic E-state index is 0.00224. The number of likely N-dealkylation sites (tertiary alicyclic amines) is 1. The summed E-state index contributed by atoms with van der Waals surface area (Å²) in [7, 11) is 0. The largest absolute Gasteiger partial charge is 0.354 e. The Morgan fingerprint density at radius 1 is 1.09 bits per heavy atom. The zero-order valence-corrected chi connectivity index (χ0v) is 12.1. The van der Waals surface area contributed by atoms with Crippen molar-refractivity contribution in [2.45, 2.75) is 12.8 Å². The first-order chi connectivity index (χ1) is 10.8. The molecular weight excluding hydrogens is 276 g/mol. The molecule has 22 heavy (non-hydrogen) atoms. The molecule has 0 radical (unpaired) electrons. The summed E-state index contributed by atoms with van der Waals surface area (Å²) in [6, 6.07) is 12.8. The smallest absolute Gasteiger partial charge is 0.272 e. The molecule has 5 heteroatoms. The van der Waals surface area contributed by atoms with Crippen molar-refractivity contribution in [1.82, 2.24) is 9.88 Å². The molecule has 2 heterocycles. The van der Waals surface area contributed by atoms with Crippen molar-refractivity contribution in [2.75, 3.05) is 18.4 Å². The highest BCUT2D eigenvalue weighted by Crippen LogP contribution is 2.17. The number of pyridine rings is 1. The van der Waals surface area contributed by atoms with Gasteiger partial charge in [-0.1, -0.05) is 0 Å². The van der Waals surface area contributed by atoms with E-state index in [1.165, 1.54) is 0 Å². The zero-order chi connectivity index (χ0) is 15.4. The molecule has 110 valence electrons. The minimum Gasteiger partial charge on any atom is -0.354 e. The summed E-state index contributed by atoms with van der Waals surface area (Å²) in [5.41, 5.74) is 2.78. The minimum atomic E-state index is 0.00224. The molecule has 5 nitrogen and oxygen atoms in total. The van der Waals surface area contributed by atoms with Crippen LogP contribution in [0, 0.1) is 11.3 Å². The molecule has 1 aliphatic heterocycles. The number of carbonyl (C=O) groups excluding carboxylic acids is 1. The van der Waals surface area contributed by atoms with Crippen molar-refractivity contribution in [3.63, 3.8) is 0 Å². The molecule has 1 N–H and O–H groups in total. The van der Waals surface area contributed by atoms with Gasteiger partial charge in [0.25, 0.3) is 5.91 Å².